The summed E-state index contributed by atoms with van der Waals surface area (Å²) in [6, 6.07) is 13.1. The molecule has 2 aromatic rings. The van der Waals surface area contributed by atoms with E-state index in [1.54, 1.807) is 12.1 Å². The van der Waals surface area contributed by atoms with E-state index in [2.05, 4.69) is 41.9 Å². The fourth-order valence-electron chi connectivity index (χ4n) is 1.73. The molecule has 1 nitrogen and oxygen atoms in total. The van der Waals surface area contributed by atoms with E-state index in [9.17, 15) is 4.39 Å². The maximum atomic E-state index is 13.3. The summed E-state index contributed by atoms with van der Waals surface area (Å²) in [5.41, 5.74) is 2.38. The SMILES string of the molecule is CC(C)c1ccc(COc2ccc(Br)c(F)c2)cc1. The third-order valence-corrected chi connectivity index (χ3v) is 3.59. The number of hydrogen-bond acceptors (Lipinski definition) is 1. The van der Waals surface area contributed by atoms with Crippen LogP contribution >= 0.6 is 15.9 Å². The van der Waals surface area contributed by atoms with E-state index in [4.69, 9.17) is 4.74 Å². The summed E-state index contributed by atoms with van der Waals surface area (Å²) < 4.78 is 19.3. The molecule has 0 atom stereocenters. The molecule has 0 spiro atoms. The molecule has 0 aromatic heterocycles. The lowest BCUT2D eigenvalue weighted by Gasteiger charge is -2.09. The fourth-order valence-corrected chi connectivity index (χ4v) is 1.98. The van der Waals surface area contributed by atoms with Gasteiger partial charge in [0.05, 0.1) is 4.47 Å². The average Bonchev–Trinajstić information content (AvgIpc) is 2.40. The van der Waals surface area contributed by atoms with Gasteiger partial charge in [-0.15, -0.1) is 0 Å². The first-order valence-corrected chi connectivity index (χ1v) is 7.02. The summed E-state index contributed by atoms with van der Waals surface area (Å²) in [5.74, 6) is 0.747. The fraction of sp³-hybridized carbons (Fsp3) is 0.250. The summed E-state index contributed by atoms with van der Waals surface area (Å²) in [4.78, 5) is 0. The number of benzene rings is 2. The Kier molecular flexibility index (Phi) is 4.59. The molecular weight excluding hydrogens is 307 g/mol. The zero-order valence-corrected chi connectivity index (χ0v) is 12.6. The highest BCUT2D eigenvalue weighted by Gasteiger charge is 2.03. The van der Waals surface area contributed by atoms with Crippen LogP contribution in [0.2, 0.25) is 0 Å². The van der Waals surface area contributed by atoms with Gasteiger partial charge in [0.2, 0.25) is 0 Å². The van der Waals surface area contributed by atoms with Crippen LogP contribution in [-0.2, 0) is 6.61 Å². The van der Waals surface area contributed by atoms with Gasteiger partial charge in [-0.3, -0.25) is 0 Å². The first-order chi connectivity index (χ1) is 9.06. The molecule has 19 heavy (non-hydrogen) atoms. The van der Waals surface area contributed by atoms with Crippen molar-refractivity contribution in [2.75, 3.05) is 0 Å². The molecule has 0 heterocycles. The van der Waals surface area contributed by atoms with Crippen LogP contribution in [0.1, 0.15) is 30.9 Å². The highest BCUT2D eigenvalue weighted by molar-refractivity contribution is 9.10. The van der Waals surface area contributed by atoms with Crippen LogP contribution in [0.25, 0.3) is 0 Å². The molecule has 2 aromatic carbocycles. The predicted molar refractivity (Wildman–Crippen MR) is 79.0 cm³/mol. The van der Waals surface area contributed by atoms with Gasteiger partial charge in [-0.2, -0.15) is 0 Å². The Morgan fingerprint density at radius 2 is 1.79 bits per heavy atom. The topological polar surface area (TPSA) is 9.23 Å². The Bertz CT molecular complexity index is 549. The van der Waals surface area contributed by atoms with Crippen molar-refractivity contribution in [1.29, 1.82) is 0 Å². The lowest BCUT2D eigenvalue weighted by molar-refractivity contribution is 0.304. The van der Waals surface area contributed by atoms with Crippen LogP contribution in [-0.4, -0.2) is 0 Å². The van der Waals surface area contributed by atoms with Gasteiger partial charge in [-0.1, -0.05) is 38.1 Å². The van der Waals surface area contributed by atoms with Crippen molar-refractivity contribution in [2.24, 2.45) is 0 Å². The third kappa shape index (κ3) is 3.80. The second-order valence-electron chi connectivity index (χ2n) is 4.76. The molecule has 0 aliphatic carbocycles. The summed E-state index contributed by atoms with van der Waals surface area (Å²) in [6.45, 7) is 4.77. The molecule has 0 amide bonds. The summed E-state index contributed by atoms with van der Waals surface area (Å²) in [7, 11) is 0. The molecule has 0 bridgehead atoms. The lowest BCUT2D eigenvalue weighted by atomic mass is 10.0. The van der Waals surface area contributed by atoms with Crippen molar-refractivity contribution < 1.29 is 9.13 Å². The maximum Gasteiger partial charge on any atom is 0.141 e. The molecule has 0 saturated heterocycles. The van der Waals surface area contributed by atoms with E-state index in [1.807, 2.05) is 12.1 Å². The van der Waals surface area contributed by atoms with Crippen molar-refractivity contribution in [1.82, 2.24) is 0 Å². The van der Waals surface area contributed by atoms with Gasteiger partial charge in [0.25, 0.3) is 0 Å². The van der Waals surface area contributed by atoms with E-state index < -0.39 is 0 Å². The van der Waals surface area contributed by atoms with Crippen molar-refractivity contribution in [2.45, 2.75) is 26.4 Å². The molecule has 0 radical (unpaired) electrons. The maximum absolute atomic E-state index is 13.3. The average molecular weight is 323 g/mol. The number of rotatable bonds is 4. The molecule has 0 unspecified atom stereocenters. The molecule has 3 heteroatoms. The summed E-state index contributed by atoms with van der Waals surface area (Å²) in [5, 5.41) is 0. The third-order valence-electron chi connectivity index (χ3n) is 2.94. The standard InChI is InChI=1S/C16H16BrFO/c1-11(2)13-5-3-12(4-6-13)10-19-14-7-8-15(17)16(18)9-14/h3-9,11H,10H2,1-2H3. The molecule has 0 aliphatic rings. The monoisotopic (exact) mass is 322 g/mol. The largest absolute Gasteiger partial charge is 0.489 e. The first-order valence-electron chi connectivity index (χ1n) is 6.23. The molecule has 0 N–H and O–H groups in total. The highest BCUT2D eigenvalue weighted by atomic mass is 79.9. The number of halogens is 2. The van der Waals surface area contributed by atoms with Crippen molar-refractivity contribution in [3.63, 3.8) is 0 Å². The zero-order chi connectivity index (χ0) is 13.8. The minimum atomic E-state index is -0.312. The summed E-state index contributed by atoms with van der Waals surface area (Å²) in [6.07, 6.45) is 0. The first kappa shape index (κ1) is 14.1. The Balaban J connectivity index is 2.00. The molecule has 0 aliphatic heterocycles. The van der Waals surface area contributed by atoms with Gasteiger partial charge in [-0.05, 0) is 45.1 Å². The van der Waals surface area contributed by atoms with Crippen LogP contribution in [0.5, 0.6) is 5.75 Å². The van der Waals surface area contributed by atoms with E-state index >= 15 is 0 Å². The predicted octanol–water partition coefficient (Wildman–Crippen LogP) is 5.29. The van der Waals surface area contributed by atoms with Gasteiger partial charge >= 0.3 is 0 Å². The van der Waals surface area contributed by atoms with Gasteiger partial charge in [0.1, 0.15) is 18.2 Å². The minimum Gasteiger partial charge on any atom is -0.489 e. The van der Waals surface area contributed by atoms with E-state index in [1.165, 1.54) is 11.6 Å². The van der Waals surface area contributed by atoms with Crippen LogP contribution in [0.4, 0.5) is 4.39 Å². The van der Waals surface area contributed by atoms with Gasteiger partial charge in [-0.25, -0.2) is 4.39 Å². The normalized spacial score (nSPS) is 10.8. The molecule has 2 rings (SSSR count). The van der Waals surface area contributed by atoms with E-state index in [0.717, 1.165) is 5.56 Å². The van der Waals surface area contributed by atoms with Crippen LogP contribution in [0.3, 0.4) is 0 Å². The van der Waals surface area contributed by atoms with Crippen LogP contribution < -0.4 is 4.74 Å². The second kappa shape index (κ2) is 6.20. The molecule has 0 fully saturated rings. The molecular formula is C16H16BrFO. The van der Waals surface area contributed by atoms with Crippen molar-refractivity contribution in [3.8, 4) is 5.75 Å². The van der Waals surface area contributed by atoms with Gasteiger partial charge in [0.15, 0.2) is 0 Å². The van der Waals surface area contributed by atoms with Crippen LogP contribution in [0.15, 0.2) is 46.9 Å². The van der Waals surface area contributed by atoms with E-state index in [-0.39, 0.29) is 5.82 Å². The Hall–Kier alpha value is -1.35. The minimum absolute atomic E-state index is 0.312. The Labute approximate surface area is 121 Å². The molecule has 100 valence electrons. The Morgan fingerprint density at radius 3 is 2.37 bits per heavy atom. The smallest absolute Gasteiger partial charge is 0.141 e. The lowest BCUT2D eigenvalue weighted by Crippen LogP contribution is -1.96. The van der Waals surface area contributed by atoms with E-state index in [0.29, 0.717) is 22.7 Å². The number of hydrogen-bond donors (Lipinski definition) is 0. The second-order valence-corrected chi connectivity index (χ2v) is 5.62. The Morgan fingerprint density at radius 1 is 1.11 bits per heavy atom. The highest BCUT2D eigenvalue weighted by Crippen LogP contribution is 2.22. The van der Waals surface area contributed by atoms with Gasteiger partial charge < -0.3 is 4.74 Å². The summed E-state index contributed by atoms with van der Waals surface area (Å²) >= 11 is 3.12. The quantitative estimate of drug-likeness (QED) is 0.743. The van der Waals surface area contributed by atoms with Gasteiger partial charge in [0, 0.05) is 6.07 Å². The van der Waals surface area contributed by atoms with Crippen molar-refractivity contribution >= 4 is 15.9 Å². The molecule has 0 saturated carbocycles. The van der Waals surface area contributed by atoms with Crippen molar-refractivity contribution in [3.05, 3.63) is 63.9 Å². The number of ether oxygens (including phenoxy) is 1. The zero-order valence-electron chi connectivity index (χ0n) is 11.0. The van der Waals surface area contributed by atoms with Crippen LogP contribution in [0, 0.1) is 5.82 Å².